The van der Waals surface area contributed by atoms with Gasteiger partial charge < -0.3 is 20.5 Å². The molecule has 0 saturated heterocycles. The highest BCUT2D eigenvalue weighted by Gasteiger charge is 2.18. The third-order valence-corrected chi connectivity index (χ3v) is 5.75. The van der Waals surface area contributed by atoms with Crippen molar-refractivity contribution in [2.45, 2.75) is 4.90 Å². The molecule has 0 aliphatic carbocycles. The molecule has 0 saturated carbocycles. The highest BCUT2D eigenvalue weighted by atomic mass is 32.2. The van der Waals surface area contributed by atoms with E-state index in [9.17, 15) is 27.7 Å². The Kier molecular flexibility index (Phi) is 6.86. The summed E-state index contributed by atoms with van der Waals surface area (Å²) in [5, 5.41) is 24.3. The van der Waals surface area contributed by atoms with Gasteiger partial charge in [0.15, 0.2) is 0 Å². The summed E-state index contributed by atoms with van der Waals surface area (Å²) in [6.45, 7) is 0. The molecule has 0 radical (unpaired) electrons. The Morgan fingerprint density at radius 2 is 1.82 bits per heavy atom. The summed E-state index contributed by atoms with van der Waals surface area (Å²) in [7, 11) is -2.78. The van der Waals surface area contributed by atoms with Gasteiger partial charge >= 0.3 is 0 Å². The highest BCUT2D eigenvalue weighted by Crippen LogP contribution is 2.31. The molecule has 13 heteroatoms. The highest BCUT2D eigenvalue weighted by molar-refractivity contribution is 7.92. The van der Waals surface area contributed by atoms with Gasteiger partial charge in [0, 0.05) is 11.3 Å². The second kappa shape index (κ2) is 9.60. The molecule has 0 atom stereocenters. The second-order valence-electron chi connectivity index (χ2n) is 6.50. The minimum atomic E-state index is -4.11. The Labute approximate surface area is 187 Å². The molecule has 1 amide bonds. The molecule has 0 aliphatic heterocycles. The first-order valence-electron chi connectivity index (χ1n) is 9.06. The Morgan fingerprint density at radius 1 is 1.12 bits per heavy atom. The minimum absolute atomic E-state index is 0.000154. The molecule has 0 spiro atoms. The Hall–Kier alpha value is -4.07. The van der Waals surface area contributed by atoms with Crippen LogP contribution in [0.3, 0.4) is 0 Å². The molecule has 0 aromatic heterocycles. The smallest absolute Gasteiger partial charge is 0.262 e. The number of carbonyl (C=O) groups is 1. The number of carbonyl (C=O) groups excluding carboxylic acids is 1. The number of nitrogens with zero attached hydrogens (tertiary/aromatic N) is 2. The number of rotatable bonds is 8. The lowest BCUT2D eigenvalue weighted by Gasteiger charge is -2.22. The number of nitroso groups, excluding NO2 is 1. The number of methoxy groups -OCH3 is 1. The van der Waals surface area contributed by atoms with Crippen molar-refractivity contribution in [3.05, 3.63) is 82.2 Å². The minimum Gasteiger partial charge on any atom is -0.733 e. The molecule has 172 valence electrons. The van der Waals surface area contributed by atoms with Crippen LogP contribution in [0, 0.1) is 15.9 Å². The predicted molar refractivity (Wildman–Crippen MR) is 118 cm³/mol. The third kappa shape index (κ3) is 5.41. The molecule has 0 fully saturated rings. The topological polar surface area (TPSA) is 160 Å². The summed E-state index contributed by atoms with van der Waals surface area (Å²) in [4.78, 5) is 23.0. The number of hydrogen-bond donors (Lipinski definition) is 3. The van der Waals surface area contributed by atoms with Crippen LogP contribution in [0.5, 0.6) is 5.75 Å². The lowest BCUT2D eigenvalue weighted by Crippen LogP contribution is -2.16. The number of ether oxygens (including phenoxy) is 1. The van der Waals surface area contributed by atoms with E-state index in [0.717, 1.165) is 12.1 Å². The fourth-order valence-electron chi connectivity index (χ4n) is 2.76. The van der Waals surface area contributed by atoms with E-state index >= 15 is 0 Å². The fourth-order valence-corrected chi connectivity index (χ4v) is 3.82. The van der Waals surface area contributed by atoms with E-state index in [0.29, 0.717) is 0 Å². The van der Waals surface area contributed by atoms with Crippen molar-refractivity contribution >= 4 is 38.7 Å². The van der Waals surface area contributed by atoms with Gasteiger partial charge in [0.2, 0.25) is 0 Å². The van der Waals surface area contributed by atoms with Crippen LogP contribution in [0.25, 0.3) is 0 Å². The standard InChI is InChI=1S/C20H16FN4O7S/c1-32-19-9-5-14(23-27)10-17(19)24-33(30,31)15-6-2-12(3-7-15)20(26)22-13-4-8-16(21)18(11-13)25(28)29/h2-11,24,28H,1H3,(H,22,26)/q-1. The van der Waals surface area contributed by atoms with Crippen LogP contribution in [0.1, 0.15) is 10.4 Å². The van der Waals surface area contributed by atoms with E-state index < -0.39 is 32.7 Å². The average molecular weight is 475 g/mol. The Balaban J connectivity index is 1.79. The quantitative estimate of drug-likeness (QED) is 0.326. The molecule has 0 heterocycles. The van der Waals surface area contributed by atoms with Crippen LogP contribution in [-0.4, -0.2) is 26.6 Å². The Bertz CT molecular complexity index is 1300. The maximum Gasteiger partial charge on any atom is 0.262 e. The second-order valence-corrected chi connectivity index (χ2v) is 8.18. The summed E-state index contributed by atoms with van der Waals surface area (Å²) >= 11 is 0. The van der Waals surface area contributed by atoms with E-state index in [1.165, 1.54) is 55.6 Å². The maximum atomic E-state index is 13.5. The number of anilines is 3. The summed E-state index contributed by atoms with van der Waals surface area (Å²) in [5.74, 6) is -1.50. The van der Waals surface area contributed by atoms with Gasteiger partial charge in [0.05, 0.1) is 23.4 Å². The molecule has 0 aliphatic rings. The van der Waals surface area contributed by atoms with Crippen LogP contribution in [0.4, 0.5) is 27.1 Å². The number of nitrogens with one attached hydrogen (secondary N) is 2. The van der Waals surface area contributed by atoms with E-state index in [1.54, 1.807) is 0 Å². The van der Waals surface area contributed by atoms with E-state index in [1.807, 2.05) is 0 Å². The van der Waals surface area contributed by atoms with Crippen LogP contribution >= 0.6 is 0 Å². The van der Waals surface area contributed by atoms with E-state index in [4.69, 9.17) is 9.94 Å². The maximum absolute atomic E-state index is 13.5. The van der Waals surface area contributed by atoms with Crippen molar-refractivity contribution in [1.29, 1.82) is 0 Å². The van der Waals surface area contributed by atoms with E-state index in [-0.39, 0.29) is 33.3 Å². The molecule has 3 rings (SSSR count). The van der Waals surface area contributed by atoms with Crippen molar-refractivity contribution in [2.24, 2.45) is 5.18 Å². The van der Waals surface area contributed by atoms with Crippen LogP contribution in [0.15, 0.2) is 70.7 Å². The fraction of sp³-hybridized carbons (Fsp3) is 0.0500. The van der Waals surface area contributed by atoms with Gasteiger partial charge in [0.25, 0.3) is 15.9 Å². The zero-order chi connectivity index (χ0) is 24.2. The first-order valence-corrected chi connectivity index (χ1v) is 10.5. The predicted octanol–water partition coefficient (Wildman–Crippen LogP) is 3.98. The van der Waals surface area contributed by atoms with Crippen molar-refractivity contribution in [3.8, 4) is 5.75 Å². The van der Waals surface area contributed by atoms with Gasteiger partial charge in [-0.3, -0.25) is 14.7 Å². The SMILES string of the molecule is COc1ccc(N=O)cc1NS(=O)(=O)c1ccc(C(=O)Nc2ccc(F)c(N([O-])O)c2)cc1. The molecule has 0 unspecified atom stereocenters. The van der Waals surface area contributed by atoms with E-state index in [2.05, 4.69) is 15.2 Å². The van der Waals surface area contributed by atoms with Crippen molar-refractivity contribution in [1.82, 2.24) is 0 Å². The van der Waals surface area contributed by atoms with Gasteiger partial charge in [-0.15, -0.1) is 4.91 Å². The van der Waals surface area contributed by atoms with Crippen molar-refractivity contribution in [3.63, 3.8) is 0 Å². The summed E-state index contributed by atoms with van der Waals surface area (Å²) < 4.78 is 46.3. The molecular weight excluding hydrogens is 459 g/mol. The molecule has 11 nitrogen and oxygen atoms in total. The van der Waals surface area contributed by atoms with Crippen LogP contribution < -0.4 is 20.0 Å². The van der Waals surface area contributed by atoms with Gasteiger partial charge in [-0.05, 0) is 65.8 Å². The molecule has 0 bridgehead atoms. The van der Waals surface area contributed by atoms with Gasteiger partial charge in [-0.25, -0.2) is 12.8 Å². The summed E-state index contributed by atoms with van der Waals surface area (Å²) in [6.07, 6.45) is 0. The lowest BCUT2D eigenvalue weighted by molar-refractivity contribution is 0.102. The Morgan fingerprint density at radius 3 is 2.42 bits per heavy atom. The number of sulfonamides is 1. The van der Waals surface area contributed by atoms with Gasteiger partial charge in [-0.1, -0.05) is 0 Å². The zero-order valence-electron chi connectivity index (χ0n) is 16.9. The number of halogens is 1. The normalized spacial score (nSPS) is 10.9. The van der Waals surface area contributed by atoms with Crippen LogP contribution in [0.2, 0.25) is 0 Å². The monoisotopic (exact) mass is 475 g/mol. The summed E-state index contributed by atoms with van der Waals surface area (Å²) in [6, 6.07) is 11.8. The molecule has 33 heavy (non-hydrogen) atoms. The molecular formula is C20H16FN4O7S-. The molecule has 3 N–H and O–H groups in total. The number of amides is 1. The number of benzene rings is 3. The lowest BCUT2D eigenvalue weighted by atomic mass is 10.2. The van der Waals surface area contributed by atoms with Crippen LogP contribution in [-0.2, 0) is 10.0 Å². The molecule has 3 aromatic carbocycles. The summed E-state index contributed by atoms with van der Waals surface area (Å²) in [5.41, 5.74) is -0.608. The third-order valence-electron chi connectivity index (χ3n) is 4.37. The van der Waals surface area contributed by atoms with Gasteiger partial charge in [-0.2, -0.15) is 0 Å². The van der Waals surface area contributed by atoms with Crippen molar-refractivity contribution in [2.75, 3.05) is 22.4 Å². The molecule has 3 aromatic rings. The largest absolute Gasteiger partial charge is 0.733 e. The van der Waals surface area contributed by atoms with Gasteiger partial charge in [0.1, 0.15) is 17.3 Å². The number of hydrogen-bond acceptors (Lipinski definition) is 9. The first-order chi connectivity index (χ1) is 15.6. The average Bonchev–Trinajstić information content (AvgIpc) is 2.79. The van der Waals surface area contributed by atoms with Crippen molar-refractivity contribution < 1.29 is 27.5 Å². The zero-order valence-corrected chi connectivity index (χ0v) is 17.7. The first kappa shape index (κ1) is 23.6.